The molecule has 3 heterocycles. The number of carbonyl (C=O) groups excluding carboxylic acids is 2. The van der Waals surface area contributed by atoms with Crippen molar-refractivity contribution in [3.05, 3.63) is 0 Å². The van der Waals surface area contributed by atoms with Crippen molar-refractivity contribution < 1.29 is 9.59 Å². The Balaban J connectivity index is 1.65. The van der Waals surface area contributed by atoms with E-state index in [1.807, 2.05) is 4.90 Å². The Hall–Kier alpha value is -1.10. The average Bonchev–Trinajstić information content (AvgIpc) is 3.03. The molecule has 3 aliphatic rings. The van der Waals surface area contributed by atoms with E-state index in [1.165, 1.54) is 38.5 Å². The first kappa shape index (κ1) is 19.7. The molecule has 3 aliphatic heterocycles. The van der Waals surface area contributed by atoms with Crippen LogP contribution in [0.3, 0.4) is 0 Å². The van der Waals surface area contributed by atoms with Crippen molar-refractivity contribution in [2.45, 2.75) is 77.0 Å². The van der Waals surface area contributed by atoms with E-state index in [1.54, 1.807) is 0 Å². The Bertz CT molecular complexity index is 458. The molecule has 0 saturated carbocycles. The maximum absolute atomic E-state index is 13.4. The van der Waals surface area contributed by atoms with Crippen molar-refractivity contribution in [3.8, 4) is 0 Å². The van der Waals surface area contributed by atoms with Crippen molar-refractivity contribution >= 4 is 11.8 Å². The third kappa shape index (κ3) is 4.99. The van der Waals surface area contributed by atoms with Crippen LogP contribution >= 0.6 is 0 Å². The van der Waals surface area contributed by atoms with Gasteiger partial charge in [0, 0.05) is 39.1 Å². The van der Waals surface area contributed by atoms with Gasteiger partial charge in [0.05, 0.1) is 5.41 Å². The third-order valence-electron chi connectivity index (χ3n) is 6.54. The van der Waals surface area contributed by atoms with Crippen LogP contribution in [0.15, 0.2) is 0 Å². The van der Waals surface area contributed by atoms with Crippen LogP contribution in [-0.2, 0) is 9.59 Å². The summed E-state index contributed by atoms with van der Waals surface area (Å²) in [5.41, 5.74) is -0.501. The smallest absolute Gasteiger partial charge is 0.230 e. The number of hydrogen-bond donors (Lipinski definition) is 1. The highest BCUT2D eigenvalue weighted by Gasteiger charge is 2.45. The highest BCUT2D eigenvalue weighted by molar-refractivity contribution is 5.89. The van der Waals surface area contributed by atoms with Gasteiger partial charge in [0.15, 0.2) is 0 Å². The van der Waals surface area contributed by atoms with Gasteiger partial charge in [-0.15, -0.1) is 0 Å². The van der Waals surface area contributed by atoms with Crippen LogP contribution in [-0.4, -0.2) is 60.9 Å². The van der Waals surface area contributed by atoms with Gasteiger partial charge in [-0.05, 0) is 38.6 Å². The Morgan fingerprint density at radius 2 is 1.23 bits per heavy atom. The molecule has 0 aromatic rings. The molecule has 0 bridgehead atoms. The second kappa shape index (κ2) is 9.72. The van der Waals surface area contributed by atoms with E-state index in [9.17, 15) is 9.59 Å². The molecule has 5 heteroatoms. The number of rotatable bonds is 3. The molecule has 1 unspecified atom stereocenters. The second-order valence-corrected chi connectivity index (χ2v) is 8.59. The van der Waals surface area contributed by atoms with E-state index in [4.69, 9.17) is 0 Å². The maximum Gasteiger partial charge on any atom is 0.230 e. The van der Waals surface area contributed by atoms with E-state index in [2.05, 4.69) is 10.2 Å². The van der Waals surface area contributed by atoms with Crippen LogP contribution in [0.2, 0.25) is 0 Å². The SMILES string of the molecule is O=C(CC1(C(=O)N2CCCCCCC2)CCNC1)N1CCCCCCC1. The zero-order chi connectivity index (χ0) is 18.2. The van der Waals surface area contributed by atoms with Gasteiger partial charge in [0.2, 0.25) is 11.8 Å². The molecule has 0 aromatic heterocycles. The highest BCUT2D eigenvalue weighted by Crippen LogP contribution is 2.34. The van der Waals surface area contributed by atoms with E-state index in [-0.39, 0.29) is 11.8 Å². The van der Waals surface area contributed by atoms with Crippen LogP contribution < -0.4 is 5.32 Å². The van der Waals surface area contributed by atoms with E-state index in [0.717, 1.165) is 64.8 Å². The predicted octanol–water partition coefficient (Wildman–Crippen LogP) is 2.94. The summed E-state index contributed by atoms with van der Waals surface area (Å²) in [4.78, 5) is 30.6. The van der Waals surface area contributed by atoms with Gasteiger partial charge in [0.25, 0.3) is 0 Å². The summed E-state index contributed by atoms with van der Waals surface area (Å²) in [6.45, 7) is 5.02. The minimum absolute atomic E-state index is 0.205. The molecular formula is C21H37N3O2. The lowest BCUT2D eigenvalue weighted by atomic mass is 9.81. The van der Waals surface area contributed by atoms with Crippen molar-refractivity contribution in [1.29, 1.82) is 0 Å². The van der Waals surface area contributed by atoms with Gasteiger partial charge in [-0.3, -0.25) is 9.59 Å². The first-order valence-corrected chi connectivity index (χ1v) is 11.0. The highest BCUT2D eigenvalue weighted by atomic mass is 16.2. The summed E-state index contributed by atoms with van der Waals surface area (Å²) >= 11 is 0. The minimum atomic E-state index is -0.501. The summed E-state index contributed by atoms with van der Waals surface area (Å²) in [5, 5.41) is 3.37. The summed E-state index contributed by atoms with van der Waals surface area (Å²) in [6.07, 6.45) is 13.1. The second-order valence-electron chi connectivity index (χ2n) is 8.59. The molecule has 1 atom stereocenters. The molecule has 2 amide bonds. The van der Waals surface area contributed by atoms with Crippen molar-refractivity contribution in [2.75, 3.05) is 39.3 Å². The number of likely N-dealkylation sites (tertiary alicyclic amines) is 2. The summed E-state index contributed by atoms with van der Waals surface area (Å²) < 4.78 is 0. The Morgan fingerprint density at radius 1 is 0.731 bits per heavy atom. The molecule has 5 nitrogen and oxygen atoms in total. The van der Waals surface area contributed by atoms with Crippen LogP contribution in [0.1, 0.15) is 77.0 Å². The molecule has 1 N–H and O–H groups in total. The normalized spacial score (nSPS) is 28.8. The zero-order valence-corrected chi connectivity index (χ0v) is 16.4. The molecule has 148 valence electrons. The van der Waals surface area contributed by atoms with Crippen molar-refractivity contribution in [3.63, 3.8) is 0 Å². The fourth-order valence-electron chi connectivity index (χ4n) is 4.84. The Morgan fingerprint density at radius 3 is 1.73 bits per heavy atom. The number of hydrogen-bond acceptors (Lipinski definition) is 3. The summed E-state index contributed by atoms with van der Waals surface area (Å²) in [7, 11) is 0. The van der Waals surface area contributed by atoms with Crippen LogP contribution in [0, 0.1) is 5.41 Å². The molecule has 3 saturated heterocycles. The minimum Gasteiger partial charge on any atom is -0.343 e. The first-order chi connectivity index (χ1) is 12.7. The summed E-state index contributed by atoms with van der Waals surface area (Å²) in [5.74, 6) is 0.445. The Labute approximate surface area is 158 Å². The third-order valence-corrected chi connectivity index (χ3v) is 6.54. The largest absolute Gasteiger partial charge is 0.343 e. The molecule has 3 rings (SSSR count). The van der Waals surface area contributed by atoms with Gasteiger partial charge in [-0.1, -0.05) is 38.5 Å². The van der Waals surface area contributed by atoms with Gasteiger partial charge < -0.3 is 15.1 Å². The fourth-order valence-corrected chi connectivity index (χ4v) is 4.84. The molecule has 0 radical (unpaired) electrons. The lowest BCUT2D eigenvalue weighted by Gasteiger charge is -2.36. The quantitative estimate of drug-likeness (QED) is 0.839. The summed E-state index contributed by atoms with van der Waals surface area (Å²) in [6, 6.07) is 0. The van der Waals surface area contributed by atoms with Crippen LogP contribution in [0.4, 0.5) is 0 Å². The molecule has 3 fully saturated rings. The van der Waals surface area contributed by atoms with Gasteiger partial charge in [0.1, 0.15) is 0 Å². The van der Waals surface area contributed by atoms with Gasteiger partial charge in [-0.25, -0.2) is 0 Å². The lowest BCUT2D eigenvalue weighted by molar-refractivity contribution is -0.147. The van der Waals surface area contributed by atoms with E-state index >= 15 is 0 Å². The zero-order valence-electron chi connectivity index (χ0n) is 16.4. The maximum atomic E-state index is 13.4. The van der Waals surface area contributed by atoms with Crippen molar-refractivity contribution in [1.82, 2.24) is 15.1 Å². The molecular weight excluding hydrogens is 326 g/mol. The Kier molecular flexibility index (Phi) is 7.35. The van der Waals surface area contributed by atoms with E-state index < -0.39 is 5.41 Å². The predicted molar refractivity (Wildman–Crippen MR) is 104 cm³/mol. The molecule has 0 aromatic carbocycles. The fraction of sp³-hybridized carbons (Fsp3) is 0.905. The monoisotopic (exact) mass is 363 g/mol. The number of carbonyl (C=O) groups is 2. The molecule has 26 heavy (non-hydrogen) atoms. The molecule has 0 spiro atoms. The average molecular weight is 364 g/mol. The first-order valence-electron chi connectivity index (χ1n) is 11.0. The number of nitrogens with one attached hydrogen (secondary N) is 1. The number of nitrogens with zero attached hydrogens (tertiary/aromatic N) is 2. The number of amides is 2. The topological polar surface area (TPSA) is 52.7 Å². The van der Waals surface area contributed by atoms with Crippen LogP contribution in [0.5, 0.6) is 0 Å². The van der Waals surface area contributed by atoms with Gasteiger partial charge in [-0.2, -0.15) is 0 Å². The van der Waals surface area contributed by atoms with Crippen molar-refractivity contribution in [2.24, 2.45) is 5.41 Å². The van der Waals surface area contributed by atoms with Gasteiger partial charge >= 0.3 is 0 Å². The van der Waals surface area contributed by atoms with E-state index in [0.29, 0.717) is 13.0 Å². The lowest BCUT2D eigenvalue weighted by Crippen LogP contribution is -2.49. The van der Waals surface area contributed by atoms with Crippen LogP contribution in [0.25, 0.3) is 0 Å². The standard InChI is InChI=1S/C21H37N3O2/c25-19(23-13-7-3-1-4-8-14-23)17-21(11-12-22-18-21)20(26)24-15-9-5-2-6-10-16-24/h22H,1-18H2. The molecule has 0 aliphatic carbocycles.